The van der Waals surface area contributed by atoms with Gasteiger partial charge in [0.05, 0.1) is 12.0 Å². The van der Waals surface area contributed by atoms with Gasteiger partial charge in [-0.1, -0.05) is 51.9 Å². The van der Waals surface area contributed by atoms with Gasteiger partial charge < -0.3 is 9.47 Å². The van der Waals surface area contributed by atoms with Crippen molar-refractivity contribution in [2.45, 2.75) is 89.9 Å². The molecule has 0 bridgehead atoms. The number of hydrogen-bond donors (Lipinski definition) is 0. The molecule has 0 radical (unpaired) electrons. The van der Waals surface area contributed by atoms with Crippen LogP contribution >= 0.6 is 11.6 Å². The molecule has 0 aromatic rings. The van der Waals surface area contributed by atoms with Gasteiger partial charge in [0, 0.05) is 12.8 Å². The standard InChI is InChI=1S/C18H33ClO4/c1-3-4-5-6-7-8-9-10-14-22-17(20)12-11-13-18(21)23-15-16(2)19/h16H,3-15H2,1-2H3. The minimum atomic E-state index is -0.312. The Balaban J connectivity index is 3.32. The molecule has 0 saturated carbocycles. The molecule has 0 aliphatic carbocycles. The van der Waals surface area contributed by atoms with Gasteiger partial charge in [-0.05, 0) is 19.8 Å². The number of unbranched alkanes of at least 4 members (excludes halogenated alkanes) is 7. The Morgan fingerprint density at radius 3 is 1.91 bits per heavy atom. The Morgan fingerprint density at radius 1 is 0.826 bits per heavy atom. The second-order valence-corrected chi connectivity index (χ2v) is 6.76. The minimum absolute atomic E-state index is 0.185. The zero-order valence-electron chi connectivity index (χ0n) is 14.8. The zero-order chi connectivity index (χ0) is 17.3. The summed E-state index contributed by atoms with van der Waals surface area (Å²) < 4.78 is 10.1. The zero-order valence-corrected chi connectivity index (χ0v) is 15.5. The third-order valence-corrected chi connectivity index (χ3v) is 3.62. The monoisotopic (exact) mass is 348 g/mol. The summed E-state index contributed by atoms with van der Waals surface area (Å²) in [5, 5.41) is -0.185. The predicted octanol–water partition coefficient (Wildman–Crippen LogP) is 5.01. The van der Waals surface area contributed by atoms with Crippen molar-refractivity contribution in [2.75, 3.05) is 13.2 Å². The number of carbonyl (C=O) groups is 2. The molecular formula is C18H33ClO4. The summed E-state index contributed by atoms with van der Waals surface area (Å²) in [7, 11) is 0. The fourth-order valence-corrected chi connectivity index (χ4v) is 2.21. The summed E-state index contributed by atoms with van der Waals surface area (Å²) in [6.07, 6.45) is 10.7. The maximum atomic E-state index is 11.5. The van der Waals surface area contributed by atoms with E-state index in [4.69, 9.17) is 21.1 Å². The third-order valence-electron chi connectivity index (χ3n) is 3.50. The van der Waals surface area contributed by atoms with Crippen molar-refractivity contribution in [2.24, 2.45) is 0 Å². The molecule has 0 saturated heterocycles. The predicted molar refractivity (Wildman–Crippen MR) is 93.7 cm³/mol. The molecule has 0 spiro atoms. The molecule has 0 aromatic carbocycles. The first-order valence-electron chi connectivity index (χ1n) is 9.01. The number of rotatable bonds is 15. The first kappa shape index (κ1) is 22.2. The maximum absolute atomic E-state index is 11.5. The van der Waals surface area contributed by atoms with Crippen molar-refractivity contribution < 1.29 is 19.1 Å². The van der Waals surface area contributed by atoms with Crippen LogP contribution in [0.15, 0.2) is 0 Å². The molecule has 0 fully saturated rings. The molecule has 0 aliphatic heterocycles. The fourth-order valence-electron chi connectivity index (χ4n) is 2.15. The van der Waals surface area contributed by atoms with Crippen LogP contribution in [0, 0.1) is 0 Å². The van der Waals surface area contributed by atoms with Gasteiger partial charge in [-0.25, -0.2) is 0 Å². The average molecular weight is 349 g/mol. The molecule has 0 rings (SSSR count). The molecule has 0 aliphatic rings. The summed E-state index contributed by atoms with van der Waals surface area (Å²) in [4.78, 5) is 22.8. The van der Waals surface area contributed by atoms with E-state index in [1.165, 1.54) is 38.5 Å². The molecule has 0 aromatic heterocycles. The van der Waals surface area contributed by atoms with Crippen LogP contribution < -0.4 is 0 Å². The van der Waals surface area contributed by atoms with Crippen molar-refractivity contribution in [3.8, 4) is 0 Å². The van der Waals surface area contributed by atoms with E-state index >= 15 is 0 Å². The number of hydrogen-bond acceptors (Lipinski definition) is 4. The summed E-state index contributed by atoms with van der Waals surface area (Å²) in [5.74, 6) is -0.542. The second kappa shape index (κ2) is 16.1. The van der Waals surface area contributed by atoms with Crippen molar-refractivity contribution >= 4 is 23.5 Å². The van der Waals surface area contributed by atoms with E-state index in [0.717, 1.165) is 12.8 Å². The van der Waals surface area contributed by atoms with E-state index in [1.54, 1.807) is 6.92 Å². The Kier molecular flexibility index (Phi) is 15.6. The number of carbonyl (C=O) groups excluding carboxylic acids is 2. The van der Waals surface area contributed by atoms with Gasteiger partial charge in [-0.15, -0.1) is 11.6 Å². The number of alkyl halides is 1. The van der Waals surface area contributed by atoms with Gasteiger partial charge in [-0.3, -0.25) is 9.59 Å². The number of ether oxygens (including phenoxy) is 2. The average Bonchev–Trinajstić information content (AvgIpc) is 2.51. The van der Waals surface area contributed by atoms with E-state index in [2.05, 4.69) is 6.92 Å². The van der Waals surface area contributed by atoms with Gasteiger partial charge in [0.15, 0.2) is 0 Å². The number of esters is 2. The fraction of sp³-hybridized carbons (Fsp3) is 0.889. The van der Waals surface area contributed by atoms with Crippen LogP contribution in [0.1, 0.15) is 84.5 Å². The molecule has 0 heterocycles. The number of halogens is 1. The lowest BCUT2D eigenvalue weighted by atomic mass is 10.1. The molecule has 5 heteroatoms. The minimum Gasteiger partial charge on any atom is -0.466 e. The third kappa shape index (κ3) is 17.4. The summed E-state index contributed by atoms with van der Waals surface area (Å²) >= 11 is 5.68. The van der Waals surface area contributed by atoms with Gasteiger partial charge in [0.25, 0.3) is 0 Å². The van der Waals surface area contributed by atoms with Gasteiger partial charge in [-0.2, -0.15) is 0 Å². The molecule has 23 heavy (non-hydrogen) atoms. The molecule has 136 valence electrons. The largest absolute Gasteiger partial charge is 0.466 e. The van der Waals surface area contributed by atoms with Crippen LogP contribution in [0.5, 0.6) is 0 Å². The lowest BCUT2D eigenvalue weighted by Gasteiger charge is -2.06. The van der Waals surface area contributed by atoms with Crippen molar-refractivity contribution in [3.63, 3.8) is 0 Å². The summed E-state index contributed by atoms with van der Waals surface area (Å²) in [5.41, 5.74) is 0. The highest BCUT2D eigenvalue weighted by Gasteiger charge is 2.08. The lowest BCUT2D eigenvalue weighted by Crippen LogP contribution is -2.12. The molecule has 0 N–H and O–H groups in total. The molecule has 1 unspecified atom stereocenters. The topological polar surface area (TPSA) is 52.6 Å². The van der Waals surface area contributed by atoms with E-state index in [0.29, 0.717) is 13.0 Å². The van der Waals surface area contributed by atoms with Crippen molar-refractivity contribution in [1.29, 1.82) is 0 Å². The quantitative estimate of drug-likeness (QED) is 0.237. The van der Waals surface area contributed by atoms with Crippen LogP contribution in [0.2, 0.25) is 0 Å². The summed E-state index contributed by atoms with van der Waals surface area (Å²) in [6, 6.07) is 0. The Labute approximate surface area is 146 Å². The molecular weight excluding hydrogens is 316 g/mol. The lowest BCUT2D eigenvalue weighted by molar-refractivity contribution is -0.145. The first-order valence-corrected chi connectivity index (χ1v) is 9.45. The second-order valence-electron chi connectivity index (χ2n) is 6.01. The van der Waals surface area contributed by atoms with Gasteiger partial charge in [0.1, 0.15) is 6.61 Å². The Hall–Kier alpha value is -0.770. The summed E-state index contributed by atoms with van der Waals surface area (Å²) in [6.45, 7) is 4.68. The smallest absolute Gasteiger partial charge is 0.305 e. The maximum Gasteiger partial charge on any atom is 0.305 e. The highest BCUT2D eigenvalue weighted by molar-refractivity contribution is 6.20. The van der Waals surface area contributed by atoms with Gasteiger partial charge >= 0.3 is 11.9 Å². The van der Waals surface area contributed by atoms with Crippen LogP contribution in [0.4, 0.5) is 0 Å². The SMILES string of the molecule is CCCCCCCCCCOC(=O)CCCC(=O)OCC(C)Cl. The molecule has 4 nitrogen and oxygen atoms in total. The van der Waals surface area contributed by atoms with Gasteiger partial charge in [0.2, 0.25) is 0 Å². The Bertz CT molecular complexity index is 305. The first-order chi connectivity index (χ1) is 11.1. The van der Waals surface area contributed by atoms with E-state index in [9.17, 15) is 9.59 Å². The van der Waals surface area contributed by atoms with E-state index < -0.39 is 0 Å². The van der Waals surface area contributed by atoms with Crippen molar-refractivity contribution in [3.05, 3.63) is 0 Å². The van der Waals surface area contributed by atoms with Crippen LogP contribution in [-0.4, -0.2) is 30.5 Å². The van der Waals surface area contributed by atoms with Crippen LogP contribution in [-0.2, 0) is 19.1 Å². The normalized spacial score (nSPS) is 12.0. The molecule has 0 amide bonds. The van der Waals surface area contributed by atoms with Crippen LogP contribution in [0.25, 0.3) is 0 Å². The van der Waals surface area contributed by atoms with E-state index in [-0.39, 0.29) is 36.8 Å². The highest BCUT2D eigenvalue weighted by Crippen LogP contribution is 2.09. The van der Waals surface area contributed by atoms with Crippen molar-refractivity contribution in [1.82, 2.24) is 0 Å². The van der Waals surface area contributed by atoms with E-state index in [1.807, 2.05) is 0 Å². The Morgan fingerprint density at radius 2 is 1.35 bits per heavy atom. The molecule has 1 atom stereocenters. The highest BCUT2D eigenvalue weighted by atomic mass is 35.5. The van der Waals surface area contributed by atoms with Crippen LogP contribution in [0.3, 0.4) is 0 Å².